The van der Waals surface area contributed by atoms with E-state index >= 15 is 0 Å². The van der Waals surface area contributed by atoms with Crippen LogP contribution in [-0.4, -0.2) is 35.6 Å². The summed E-state index contributed by atoms with van der Waals surface area (Å²) in [6.07, 6.45) is 0.417. The highest BCUT2D eigenvalue weighted by Crippen LogP contribution is 1.97. The van der Waals surface area contributed by atoms with E-state index < -0.39 is 5.97 Å². The van der Waals surface area contributed by atoms with Gasteiger partial charge in [-0.3, -0.25) is 4.90 Å². The maximum atomic E-state index is 10.4. The highest BCUT2D eigenvalue weighted by atomic mass is 16.4. The molecule has 0 heterocycles. The topological polar surface area (TPSA) is 64.3 Å². The van der Waals surface area contributed by atoms with Gasteiger partial charge in [-0.05, 0) is 6.54 Å². The van der Waals surface area contributed by atoms with Crippen LogP contribution in [0.2, 0.25) is 0 Å². The molecule has 4 heteroatoms. The molecule has 0 radical (unpaired) electrons. The van der Waals surface area contributed by atoms with E-state index in [0.29, 0.717) is 19.5 Å². The monoisotopic (exact) mass is 182 g/mol. The molecule has 0 saturated carbocycles. The van der Waals surface area contributed by atoms with Gasteiger partial charge in [-0.25, -0.2) is 4.79 Å². The number of nitriles is 1. The predicted octanol–water partition coefficient (Wildman–Crippen LogP) is 0.863. The molecule has 4 nitrogen and oxygen atoms in total. The second-order valence-electron chi connectivity index (χ2n) is 2.69. The molecule has 0 aliphatic rings. The van der Waals surface area contributed by atoms with E-state index in [2.05, 4.69) is 6.58 Å². The van der Waals surface area contributed by atoms with Crippen molar-refractivity contribution >= 4 is 5.97 Å². The van der Waals surface area contributed by atoms with E-state index in [4.69, 9.17) is 10.4 Å². The van der Waals surface area contributed by atoms with Gasteiger partial charge in [0.05, 0.1) is 6.07 Å². The van der Waals surface area contributed by atoms with Crippen LogP contribution in [0.1, 0.15) is 13.3 Å². The van der Waals surface area contributed by atoms with Gasteiger partial charge < -0.3 is 5.11 Å². The SMILES string of the molecule is C=C(CN(CC)CCC#N)C(=O)O. The molecule has 0 aromatic heterocycles. The summed E-state index contributed by atoms with van der Waals surface area (Å²) in [5.41, 5.74) is 0.166. The van der Waals surface area contributed by atoms with E-state index in [0.717, 1.165) is 6.54 Å². The number of carbonyl (C=O) groups is 1. The lowest BCUT2D eigenvalue weighted by Gasteiger charge is -2.18. The molecule has 0 atom stereocenters. The van der Waals surface area contributed by atoms with Gasteiger partial charge in [0.15, 0.2) is 0 Å². The minimum atomic E-state index is -0.976. The van der Waals surface area contributed by atoms with Crippen LogP contribution in [0.3, 0.4) is 0 Å². The van der Waals surface area contributed by atoms with Crippen molar-refractivity contribution in [1.29, 1.82) is 5.26 Å². The van der Waals surface area contributed by atoms with Crippen molar-refractivity contribution in [2.24, 2.45) is 0 Å². The fraction of sp³-hybridized carbons (Fsp3) is 0.556. The van der Waals surface area contributed by atoms with Crippen molar-refractivity contribution in [3.05, 3.63) is 12.2 Å². The molecule has 13 heavy (non-hydrogen) atoms. The Hall–Kier alpha value is -1.34. The van der Waals surface area contributed by atoms with E-state index in [1.165, 1.54) is 0 Å². The molecule has 0 rings (SSSR count). The van der Waals surface area contributed by atoms with Crippen molar-refractivity contribution in [1.82, 2.24) is 4.90 Å². The van der Waals surface area contributed by atoms with Crippen LogP contribution in [0.5, 0.6) is 0 Å². The minimum absolute atomic E-state index is 0.166. The van der Waals surface area contributed by atoms with Crippen LogP contribution in [0, 0.1) is 11.3 Å². The highest BCUT2D eigenvalue weighted by Gasteiger charge is 2.08. The first-order chi connectivity index (χ1) is 6.11. The van der Waals surface area contributed by atoms with Crippen LogP contribution in [-0.2, 0) is 4.79 Å². The summed E-state index contributed by atoms with van der Waals surface area (Å²) in [7, 11) is 0. The summed E-state index contributed by atoms with van der Waals surface area (Å²) in [6.45, 7) is 7.00. The lowest BCUT2D eigenvalue weighted by atomic mass is 10.2. The van der Waals surface area contributed by atoms with Gasteiger partial charge in [-0.15, -0.1) is 0 Å². The number of carboxylic acids is 1. The lowest BCUT2D eigenvalue weighted by Crippen LogP contribution is -2.28. The lowest BCUT2D eigenvalue weighted by molar-refractivity contribution is -0.132. The number of aliphatic carboxylic acids is 1. The fourth-order valence-corrected chi connectivity index (χ4v) is 0.895. The Balaban J connectivity index is 3.91. The number of hydrogen-bond donors (Lipinski definition) is 1. The van der Waals surface area contributed by atoms with Crippen molar-refractivity contribution in [2.45, 2.75) is 13.3 Å². The van der Waals surface area contributed by atoms with Crippen molar-refractivity contribution in [3.8, 4) is 6.07 Å². The van der Waals surface area contributed by atoms with Crippen LogP contribution < -0.4 is 0 Å². The smallest absolute Gasteiger partial charge is 0.332 e. The third-order valence-corrected chi connectivity index (χ3v) is 1.70. The van der Waals surface area contributed by atoms with E-state index in [1.807, 2.05) is 17.9 Å². The van der Waals surface area contributed by atoms with Crippen molar-refractivity contribution in [3.63, 3.8) is 0 Å². The molecule has 0 fully saturated rings. The Morgan fingerprint density at radius 2 is 2.31 bits per heavy atom. The predicted molar refractivity (Wildman–Crippen MR) is 49.1 cm³/mol. The number of rotatable bonds is 6. The summed E-state index contributed by atoms with van der Waals surface area (Å²) in [5, 5.41) is 16.9. The number of nitrogens with zero attached hydrogens (tertiary/aromatic N) is 2. The van der Waals surface area contributed by atoms with Gasteiger partial charge in [-0.1, -0.05) is 13.5 Å². The van der Waals surface area contributed by atoms with Crippen LogP contribution in [0.4, 0.5) is 0 Å². The maximum absolute atomic E-state index is 10.4. The molecule has 1 N–H and O–H groups in total. The van der Waals surface area contributed by atoms with Crippen LogP contribution in [0.15, 0.2) is 12.2 Å². The first-order valence-electron chi connectivity index (χ1n) is 4.12. The van der Waals surface area contributed by atoms with E-state index in [1.54, 1.807) is 0 Å². The average Bonchev–Trinajstić information content (AvgIpc) is 2.11. The van der Waals surface area contributed by atoms with Crippen LogP contribution >= 0.6 is 0 Å². The average molecular weight is 182 g/mol. The Kier molecular flexibility index (Phi) is 5.57. The molecule has 0 unspecified atom stereocenters. The first kappa shape index (κ1) is 11.7. The quantitative estimate of drug-likeness (QED) is 0.619. The second kappa shape index (κ2) is 6.21. The van der Waals surface area contributed by atoms with Gasteiger partial charge in [0.2, 0.25) is 0 Å². The molecular weight excluding hydrogens is 168 g/mol. The van der Waals surface area contributed by atoms with Gasteiger partial charge in [-0.2, -0.15) is 5.26 Å². The van der Waals surface area contributed by atoms with E-state index in [-0.39, 0.29) is 5.57 Å². The molecule has 0 aromatic carbocycles. The van der Waals surface area contributed by atoms with Gasteiger partial charge >= 0.3 is 5.97 Å². The van der Waals surface area contributed by atoms with Gasteiger partial charge in [0.25, 0.3) is 0 Å². The maximum Gasteiger partial charge on any atom is 0.332 e. The third-order valence-electron chi connectivity index (χ3n) is 1.70. The van der Waals surface area contributed by atoms with Gasteiger partial charge in [0.1, 0.15) is 0 Å². The van der Waals surface area contributed by atoms with E-state index in [9.17, 15) is 4.79 Å². The molecule has 0 saturated heterocycles. The zero-order valence-corrected chi connectivity index (χ0v) is 7.79. The summed E-state index contributed by atoms with van der Waals surface area (Å²) in [4.78, 5) is 12.3. The molecule has 0 spiro atoms. The zero-order chi connectivity index (χ0) is 10.3. The van der Waals surface area contributed by atoms with Gasteiger partial charge in [0, 0.05) is 25.1 Å². The molecule has 72 valence electrons. The van der Waals surface area contributed by atoms with Crippen LogP contribution in [0.25, 0.3) is 0 Å². The normalized spacial score (nSPS) is 9.62. The van der Waals surface area contributed by atoms with Crippen molar-refractivity contribution in [2.75, 3.05) is 19.6 Å². The Morgan fingerprint density at radius 1 is 1.69 bits per heavy atom. The Bertz CT molecular complexity index is 230. The zero-order valence-electron chi connectivity index (χ0n) is 7.79. The molecule has 0 aliphatic heterocycles. The number of hydrogen-bond acceptors (Lipinski definition) is 3. The number of likely N-dealkylation sites (N-methyl/N-ethyl adjacent to an activating group) is 1. The minimum Gasteiger partial charge on any atom is -0.478 e. The molecule has 0 aliphatic carbocycles. The largest absolute Gasteiger partial charge is 0.478 e. The van der Waals surface area contributed by atoms with Crippen molar-refractivity contribution < 1.29 is 9.90 Å². The number of carboxylic acid groups (broad SMARTS) is 1. The molecule has 0 bridgehead atoms. The first-order valence-corrected chi connectivity index (χ1v) is 4.12. The summed E-state index contributed by atoms with van der Waals surface area (Å²) < 4.78 is 0. The fourth-order valence-electron chi connectivity index (χ4n) is 0.895. The standard InChI is InChI=1S/C9H14N2O2/c1-3-11(6-4-5-10)7-8(2)9(12)13/h2-4,6-7H2,1H3,(H,12,13). The third kappa shape index (κ3) is 4.99. The highest BCUT2D eigenvalue weighted by molar-refractivity contribution is 5.86. The Labute approximate surface area is 78.1 Å². The molecular formula is C9H14N2O2. The Morgan fingerprint density at radius 3 is 2.69 bits per heavy atom. The summed E-state index contributed by atoms with van der Waals surface area (Å²) >= 11 is 0. The summed E-state index contributed by atoms with van der Waals surface area (Å²) in [6, 6.07) is 2.02. The second-order valence-corrected chi connectivity index (χ2v) is 2.69. The molecule has 0 aromatic rings. The molecule has 0 amide bonds. The summed E-state index contributed by atoms with van der Waals surface area (Å²) in [5.74, 6) is -0.976.